The number of benzene rings is 1. The average molecular weight is 362 g/mol. The molecule has 1 aliphatic heterocycles. The summed E-state index contributed by atoms with van der Waals surface area (Å²) < 4.78 is 10.4. The molecular formula is C19H30N4O3. The highest BCUT2D eigenvalue weighted by Crippen LogP contribution is 2.28. The molecule has 7 heteroatoms. The Balaban J connectivity index is 1.79. The summed E-state index contributed by atoms with van der Waals surface area (Å²) in [6.07, 6.45) is 1.17. The number of para-hydroxylation sites is 2. The van der Waals surface area contributed by atoms with Crippen LogP contribution in [-0.2, 0) is 9.53 Å². The number of nitrogens with zero attached hydrogens (tertiary/aromatic N) is 3. The van der Waals surface area contributed by atoms with Gasteiger partial charge in [-0.2, -0.15) is 0 Å². The number of carbonyl (C=O) groups is 1. The fourth-order valence-electron chi connectivity index (χ4n) is 3.05. The Morgan fingerprint density at radius 2 is 1.96 bits per heavy atom. The highest BCUT2D eigenvalue weighted by Gasteiger charge is 2.21. The Hall–Kier alpha value is -2.44. The van der Waals surface area contributed by atoms with Crippen LogP contribution in [0.5, 0.6) is 5.75 Å². The second-order valence-electron chi connectivity index (χ2n) is 6.03. The number of guanidine groups is 1. The van der Waals surface area contributed by atoms with Gasteiger partial charge in [0, 0.05) is 46.2 Å². The van der Waals surface area contributed by atoms with E-state index < -0.39 is 0 Å². The van der Waals surface area contributed by atoms with E-state index in [2.05, 4.69) is 26.2 Å². The van der Waals surface area contributed by atoms with E-state index in [-0.39, 0.29) is 5.97 Å². The van der Waals surface area contributed by atoms with E-state index in [1.54, 1.807) is 14.2 Å². The van der Waals surface area contributed by atoms with Crippen molar-refractivity contribution in [2.45, 2.75) is 19.8 Å². The lowest BCUT2D eigenvalue weighted by Gasteiger charge is -2.38. The van der Waals surface area contributed by atoms with Crippen molar-refractivity contribution in [3.8, 4) is 5.75 Å². The Labute approximate surface area is 156 Å². The van der Waals surface area contributed by atoms with Crippen LogP contribution < -0.4 is 15.0 Å². The molecule has 0 atom stereocenters. The number of piperazine rings is 1. The van der Waals surface area contributed by atoms with Crippen LogP contribution in [0, 0.1) is 0 Å². The third-order valence-corrected chi connectivity index (χ3v) is 4.36. The van der Waals surface area contributed by atoms with Crippen molar-refractivity contribution in [1.82, 2.24) is 10.2 Å². The molecule has 1 heterocycles. The molecule has 144 valence electrons. The second-order valence-corrected chi connectivity index (χ2v) is 6.03. The molecule has 0 aromatic heterocycles. The molecule has 0 radical (unpaired) electrons. The maximum Gasteiger partial charge on any atom is 0.305 e. The number of aliphatic imine (C=N–C) groups is 1. The standard InChI is InChI=1S/C19H30N4O3/c1-4-26-18(24)10-7-11-21-19(20-2)23-14-12-22(13-15-23)16-8-5-6-9-17(16)25-3/h5-6,8-9H,4,7,10-15H2,1-3H3,(H,20,21). The van der Waals surface area contributed by atoms with Crippen molar-refractivity contribution in [3.05, 3.63) is 24.3 Å². The van der Waals surface area contributed by atoms with E-state index in [0.717, 1.165) is 50.0 Å². The summed E-state index contributed by atoms with van der Waals surface area (Å²) in [6.45, 7) is 6.55. The summed E-state index contributed by atoms with van der Waals surface area (Å²) in [6, 6.07) is 8.11. The van der Waals surface area contributed by atoms with Crippen molar-refractivity contribution in [3.63, 3.8) is 0 Å². The van der Waals surface area contributed by atoms with Crippen molar-refractivity contribution in [1.29, 1.82) is 0 Å². The van der Waals surface area contributed by atoms with Crippen LogP contribution in [0.4, 0.5) is 5.69 Å². The van der Waals surface area contributed by atoms with E-state index in [1.807, 2.05) is 25.1 Å². The highest BCUT2D eigenvalue weighted by molar-refractivity contribution is 5.80. The van der Waals surface area contributed by atoms with Crippen molar-refractivity contribution >= 4 is 17.6 Å². The minimum Gasteiger partial charge on any atom is -0.495 e. The number of hydrogen-bond donors (Lipinski definition) is 1. The molecule has 1 fully saturated rings. The van der Waals surface area contributed by atoms with Gasteiger partial charge in [0.15, 0.2) is 5.96 Å². The van der Waals surface area contributed by atoms with Gasteiger partial charge < -0.3 is 24.6 Å². The Morgan fingerprint density at radius 3 is 2.62 bits per heavy atom. The van der Waals surface area contributed by atoms with Gasteiger partial charge in [-0.3, -0.25) is 9.79 Å². The van der Waals surface area contributed by atoms with Crippen LogP contribution in [0.25, 0.3) is 0 Å². The van der Waals surface area contributed by atoms with Gasteiger partial charge in [0.1, 0.15) is 5.75 Å². The smallest absolute Gasteiger partial charge is 0.305 e. The SMILES string of the molecule is CCOC(=O)CCCNC(=NC)N1CCN(c2ccccc2OC)CC1. The fraction of sp³-hybridized carbons (Fsp3) is 0.579. The summed E-state index contributed by atoms with van der Waals surface area (Å²) in [5, 5.41) is 3.34. The van der Waals surface area contributed by atoms with Crippen molar-refractivity contribution in [2.75, 3.05) is 58.4 Å². The van der Waals surface area contributed by atoms with Crippen LogP contribution in [0.3, 0.4) is 0 Å². The minimum absolute atomic E-state index is 0.144. The molecule has 0 bridgehead atoms. The van der Waals surface area contributed by atoms with Gasteiger partial charge in [-0.15, -0.1) is 0 Å². The molecule has 0 aliphatic carbocycles. The zero-order valence-corrected chi connectivity index (χ0v) is 16.0. The maximum atomic E-state index is 11.4. The van der Waals surface area contributed by atoms with Gasteiger partial charge in [-0.1, -0.05) is 12.1 Å². The number of hydrogen-bond acceptors (Lipinski definition) is 5. The first kappa shape index (κ1) is 19.9. The number of esters is 1. The summed E-state index contributed by atoms with van der Waals surface area (Å²) in [5.41, 5.74) is 1.13. The van der Waals surface area contributed by atoms with Crippen LogP contribution >= 0.6 is 0 Å². The lowest BCUT2D eigenvalue weighted by atomic mass is 10.2. The number of methoxy groups -OCH3 is 1. The first-order valence-corrected chi connectivity index (χ1v) is 9.18. The third kappa shape index (κ3) is 5.54. The number of nitrogens with one attached hydrogen (secondary N) is 1. The zero-order valence-electron chi connectivity index (χ0n) is 16.0. The van der Waals surface area contributed by atoms with E-state index >= 15 is 0 Å². The molecule has 1 aromatic rings. The van der Waals surface area contributed by atoms with Gasteiger partial charge in [0.25, 0.3) is 0 Å². The van der Waals surface area contributed by atoms with E-state index in [9.17, 15) is 4.79 Å². The van der Waals surface area contributed by atoms with Crippen LogP contribution in [0.1, 0.15) is 19.8 Å². The summed E-state index contributed by atoms with van der Waals surface area (Å²) in [5.74, 6) is 1.64. The van der Waals surface area contributed by atoms with E-state index in [4.69, 9.17) is 9.47 Å². The number of ether oxygens (including phenoxy) is 2. The first-order chi connectivity index (χ1) is 12.7. The highest BCUT2D eigenvalue weighted by atomic mass is 16.5. The van der Waals surface area contributed by atoms with E-state index in [1.165, 1.54) is 0 Å². The molecule has 1 aromatic carbocycles. The molecule has 1 aliphatic rings. The number of anilines is 1. The molecule has 2 rings (SSSR count). The fourth-order valence-corrected chi connectivity index (χ4v) is 3.05. The Bertz CT molecular complexity index is 598. The molecule has 26 heavy (non-hydrogen) atoms. The normalized spacial score (nSPS) is 15.0. The minimum atomic E-state index is -0.144. The van der Waals surface area contributed by atoms with Crippen molar-refractivity contribution in [2.24, 2.45) is 4.99 Å². The number of rotatable bonds is 7. The third-order valence-electron chi connectivity index (χ3n) is 4.36. The molecule has 1 saturated heterocycles. The predicted molar refractivity (Wildman–Crippen MR) is 104 cm³/mol. The Morgan fingerprint density at radius 1 is 1.23 bits per heavy atom. The predicted octanol–water partition coefficient (Wildman–Crippen LogP) is 1.74. The van der Waals surface area contributed by atoms with Crippen LogP contribution in [-0.4, -0.2) is 70.3 Å². The molecule has 0 spiro atoms. The number of carbonyl (C=O) groups excluding carboxylic acids is 1. The first-order valence-electron chi connectivity index (χ1n) is 9.18. The van der Waals surface area contributed by atoms with E-state index in [0.29, 0.717) is 19.6 Å². The van der Waals surface area contributed by atoms with Gasteiger partial charge in [0.05, 0.1) is 19.4 Å². The zero-order chi connectivity index (χ0) is 18.8. The molecule has 0 saturated carbocycles. The van der Waals surface area contributed by atoms with Crippen LogP contribution in [0.15, 0.2) is 29.3 Å². The van der Waals surface area contributed by atoms with Crippen LogP contribution in [0.2, 0.25) is 0 Å². The second kappa shape index (κ2) is 10.5. The lowest BCUT2D eigenvalue weighted by molar-refractivity contribution is -0.143. The molecule has 0 unspecified atom stereocenters. The largest absolute Gasteiger partial charge is 0.495 e. The van der Waals surface area contributed by atoms with Gasteiger partial charge in [0.2, 0.25) is 0 Å². The Kier molecular flexibility index (Phi) is 8.05. The summed E-state index contributed by atoms with van der Waals surface area (Å²) in [4.78, 5) is 20.3. The quantitative estimate of drug-likeness (QED) is 0.345. The topological polar surface area (TPSA) is 66.4 Å². The summed E-state index contributed by atoms with van der Waals surface area (Å²) in [7, 11) is 3.50. The van der Waals surface area contributed by atoms with Gasteiger partial charge in [-0.25, -0.2) is 0 Å². The molecule has 7 nitrogen and oxygen atoms in total. The maximum absolute atomic E-state index is 11.4. The lowest BCUT2D eigenvalue weighted by Crippen LogP contribution is -2.52. The monoisotopic (exact) mass is 362 g/mol. The van der Waals surface area contributed by atoms with Gasteiger partial charge >= 0.3 is 5.97 Å². The molecule has 1 N–H and O–H groups in total. The van der Waals surface area contributed by atoms with Crippen molar-refractivity contribution < 1.29 is 14.3 Å². The molecular weight excluding hydrogens is 332 g/mol. The summed E-state index contributed by atoms with van der Waals surface area (Å²) >= 11 is 0. The average Bonchev–Trinajstić information content (AvgIpc) is 2.68. The van der Waals surface area contributed by atoms with Gasteiger partial charge in [-0.05, 0) is 25.5 Å². The molecule has 0 amide bonds.